The van der Waals surface area contributed by atoms with E-state index in [0.29, 0.717) is 44.1 Å². The quantitative estimate of drug-likeness (QED) is 0.652. The van der Waals surface area contributed by atoms with E-state index in [9.17, 15) is 35.9 Å². The zero-order chi connectivity index (χ0) is 22.8. The lowest BCUT2D eigenvalue weighted by atomic mass is 9.96. The number of halogens is 6. The minimum absolute atomic E-state index is 0.00182. The smallest absolute Gasteiger partial charge is 0.352 e. The number of likely N-dealkylation sites (tertiary alicyclic amines) is 1. The van der Waals surface area contributed by atoms with E-state index in [1.54, 1.807) is 4.90 Å². The summed E-state index contributed by atoms with van der Waals surface area (Å²) in [5, 5.41) is 5.57. The summed E-state index contributed by atoms with van der Waals surface area (Å²) in [4.78, 5) is 26.1. The first kappa shape index (κ1) is 23.4. The van der Waals surface area contributed by atoms with Crippen LogP contribution in [-0.4, -0.2) is 48.9 Å². The van der Waals surface area contributed by atoms with Gasteiger partial charge in [0.1, 0.15) is 0 Å². The van der Waals surface area contributed by atoms with Gasteiger partial charge in [0.2, 0.25) is 5.91 Å². The molecule has 0 radical (unpaired) electrons. The average molecular weight is 451 g/mol. The fraction of sp³-hybridized carbons (Fsp3) is 0.600. The molecule has 2 N–H and O–H groups in total. The van der Waals surface area contributed by atoms with E-state index in [4.69, 9.17) is 0 Å². The van der Waals surface area contributed by atoms with Gasteiger partial charge < -0.3 is 15.5 Å². The average Bonchev–Trinajstić information content (AvgIpc) is 3.53. The summed E-state index contributed by atoms with van der Waals surface area (Å²) in [7, 11) is 0. The molecule has 1 aliphatic heterocycles. The third-order valence-corrected chi connectivity index (χ3v) is 5.49. The Morgan fingerprint density at radius 2 is 1.45 bits per heavy atom. The monoisotopic (exact) mass is 451 g/mol. The highest BCUT2D eigenvalue weighted by atomic mass is 19.4. The van der Waals surface area contributed by atoms with Gasteiger partial charge in [-0.15, -0.1) is 0 Å². The van der Waals surface area contributed by atoms with Crippen molar-refractivity contribution in [3.63, 3.8) is 0 Å². The van der Waals surface area contributed by atoms with E-state index in [-0.39, 0.29) is 31.0 Å². The molecule has 11 heteroatoms. The van der Waals surface area contributed by atoms with Crippen LogP contribution in [0.5, 0.6) is 0 Å². The van der Waals surface area contributed by atoms with Gasteiger partial charge in [-0.2, -0.15) is 26.3 Å². The molecule has 31 heavy (non-hydrogen) atoms. The molecular formula is C20H23F6N3O2. The number of nitrogens with one attached hydrogen (secondary N) is 2. The predicted octanol–water partition coefficient (Wildman–Crippen LogP) is 3.44. The number of carbonyl (C=O) groups is 2. The highest BCUT2D eigenvalue weighted by Crippen LogP contribution is 2.36. The lowest BCUT2D eigenvalue weighted by Crippen LogP contribution is -2.45. The summed E-state index contributed by atoms with van der Waals surface area (Å²) in [6.45, 7) is 1.38. The van der Waals surface area contributed by atoms with E-state index in [0.717, 1.165) is 12.8 Å². The minimum atomic E-state index is -5.01. The number of alkyl halides is 6. The van der Waals surface area contributed by atoms with Crippen molar-refractivity contribution < 1.29 is 35.9 Å². The van der Waals surface area contributed by atoms with Gasteiger partial charge in [-0.3, -0.25) is 9.59 Å². The minimum Gasteiger partial charge on any atom is -0.352 e. The molecule has 5 nitrogen and oxygen atoms in total. The first-order chi connectivity index (χ1) is 14.4. The number of hydrogen-bond acceptors (Lipinski definition) is 3. The third kappa shape index (κ3) is 6.59. The van der Waals surface area contributed by atoms with E-state index < -0.39 is 35.0 Å². The van der Waals surface area contributed by atoms with E-state index >= 15 is 0 Å². The second-order valence-electron chi connectivity index (χ2n) is 7.98. The Bertz CT molecular complexity index is 780. The molecule has 1 heterocycles. The predicted molar refractivity (Wildman–Crippen MR) is 99.1 cm³/mol. The normalized spacial score (nSPS) is 18.2. The molecule has 1 aliphatic carbocycles. The highest BCUT2D eigenvalue weighted by Gasteiger charge is 2.37. The first-order valence-electron chi connectivity index (χ1n) is 10.0. The maximum atomic E-state index is 12.9. The van der Waals surface area contributed by atoms with Crippen molar-refractivity contribution in [2.45, 2.75) is 44.1 Å². The number of rotatable bonds is 6. The van der Waals surface area contributed by atoms with Gasteiger partial charge in [-0.25, -0.2) is 0 Å². The Labute approximate surface area is 175 Å². The van der Waals surface area contributed by atoms with Gasteiger partial charge in [-0.1, -0.05) is 0 Å². The van der Waals surface area contributed by atoms with Gasteiger partial charge >= 0.3 is 12.4 Å². The van der Waals surface area contributed by atoms with Crippen LogP contribution in [-0.2, 0) is 17.1 Å². The lowest BCUT2D eigenvalue weighted by Gasteiger charge is -2.32. The SMILES string of the molecule is O=C(NCC1CCN(C(=O)CNC2CC2)CC1)c1cc(C(F)(F)F)cc(C(F)(F)F)c1. The summed E-state index contributed by atoms with van der Waals surface area (Å²) in [6.07, 6.45) is -6.69. The molecular weight excluding hydrogens is 428 g/mol. The molecule has 2 fully saturated rings. The largest absolute Gasteiger partial charge is 0.416 e. The number of amides is 2. The number of carbonyl (C=O) groups excluding carboxylic acids is 2. The van der Waals surface area contributed by atoms with E-state index in [1.807, 2.05) is 0 Å². The molecule has 0 atom stereocenters. The van der Waals surface area contributed by atoms with Crippen LogP contribution >= 0.6 is 0 Å². The van der Waals surface area contributed by atoms with Gasteiger partial charge in [0.15, 0.2) is 0 Å². The lowest BCUT2D eigenvalue weighted by molar-refractivity contribution is -0.143. The molecule has 1 saturated carbocycles. The maximum absolute atomic E-state index is 12.9. The second kappa shape index (κ2) is 9.05. The molecule has 0 unspecified atom stereocenters. The van der Waals surface area contributed by atoms with Crippen molar-refractivity contribution in [3.8, 4) is 0 Å². The maximum Gasteiger partial charge on any atom is 0.416 e. The number of piperidine rings is 1. The Morgan fingerprint density at radius 1 is 0.903 bits per heavy atom. The third-order valence-electron chi connectivity index (χ3n) is 5.49. The van der Waals surface area contributed by atoms with Crippen LogP contribution in [0.25, 0.3) is 0 Å². The standard InChI is InChI=1S/C20H23F6N3O2/c21-19(22,23)14-7-13(8-15(9-14)20(24,25)26)18(31)28-10-12-3-5-29(6-4-12)17(30)11-27-16-1-2-16/h7-9,12,16,27H,1-6,10-11H2,(H,28,31). The molecule has 0 aromatic heterocycles. The molecule has 1 saturated heterocycles. The van der Waals surface area contributed by atoms with Gasteiger partial charge in [0.25, 0.3) is 5.91 Å². The van der Waals surface area contributed by atoms with Gasteiger partial charge in [0.05, 0.1) is 17.7 Å². The van der Waals surface area contributed by atoms with Crippen LogP contribution in [0.1, 0.15) is 47.2 Å². The van der Waals surface area contributed by atoms with Crippen LogP contribution in [0, 0.1) is 5.92 Å². The number of nitrogens with zero attached hydrogens (tertiary/aromatic N) is 1. The molecule has 3 rings (SSSR count). The molecule has 172 valence electrons. The van der Waals surface area contributed by atoms with Crippen molar-refractivity contribution in [1.29, 1.82) is 0 Å². The van der Waals surface area contributed by atoms with Crippen LogP contribution in [0.4, 0.5) is 26.3 Å². The number of hydrogen-bond donors (Lipinski definition) is 2. The molecule has 2 amide bonds. The zero-order valence-corrected chi connectivity index (χ0v) is 16.6. The molecule has 1 aromatic carbocycles. The Balaban J connectivity index is 1.54. The van der Waals surface area contributed by atoms with E-state index in [2.05, 4.69) is 10.6 Å². The fourth-order valence-electron chi connectivity index (χ4n) is 3.44. The van der Waals surface area contributed by atoms with Crippen molar-refractivity contribution in [2.75, 3.05) is 26.2 Å². The summed E-state index contributed by atoms with van der Waals surface area (Å²) in [6, 6.07) is 1.24. The highest BCUT2D eigenvalue weighted by molar-refractivity contribution is 5.94. The molecule has 2 aliphatic rings. The Kier molecular flexibility index (Phi) is 6.82. The Hall–Kier alpha value is -2.30. The van der Waals surface area contributed by atoms with Gasteiger partial charge in [0, 0.05) is 31.2 Å². The van der Waals surface area contributed by atoms with Crippen molar-refractivity contribution in [3.05, 3.63) is 34.9 Å². The second-order valence-corrected chi connectivity index (χ2v) is 7.98. The van der Waals surface area contributed by atoms with Crippen molar-refractivity contribution in [2.24, 2.45) is 5.92 Å². The summed E-state index contributed by atoms with van der Waals surface area (Å²) < 4.78 is 77.7. The Morgan fingerprint density at radius 3 is 1.94 bits per heavy atom. The summed E-state index contributed by atoms with van der Waals surface area (Å²) >= 11 is 0. The molecule has 0 spiro atoms. The fourth-order valence-corrected chi connectivity index (χ4v) is 3.44. The number of benzene rings is 1. The van der Waals surface area contributed by atoms with Crippen molar-refractivity contribution in [1.82, 2.24) is 15.5 Å². The van der Waals surface area contributed by atoms with Crippen molar-refractivity contribution >= 4 is 11.8 Å². The zero-order valence-electron chi connectivity index (χ0n) is 16.6. The molecule has 0 bridgehead atoms. The summed E-state index contributed by atoms with van der Waals surface area (Å²) in [5.74, 6) is -1.01. The van der Waals surface area contributed by atoms with Crippen LogP contribution in [0.3, 0.4) is 0 Å². The summed E-state index contributed by atoms with van der Waals surface area (Å²) in [5.41, 5.74) is -3.75. The first-order valence-corrected chi connectivity index (χ1v) is 10.0. The van der Waals surface area contributed by atoms with Gasteiger partial charge in [-0.05, 0) is 49.8 Å². The van der Waals surface area contributed by atoms with Crippen LogP contribution in [0.2, 0.25) is 0 Å². The van der Waals surface area contributed by atoms with Crippen LogP contribution < -0.4 is 10.6 Å². The van der Waals surface area contributed by atoms with E-state index in [1.165, 1.54) is 0 Å². The molecule has 1 aromatic rings. The van der Waals surface area contributed by atoms with Crippen LogP contribution in [0.15, 0.2) is 18.2 Å². The topological polar surface area (TPSA) is 61.4 Å².